The number of nitrogens with zero attached hydrogens (tertiary/aromatic N) is 1. The molecule has 11 heavy (non-hydrogen) atoms. The van der Waals surface area contributed by atoms with Gasteiger partial charge >= 0.3 is 0 Å². The summed E-state index contributed by atoms with van der Waals surface area (Å²) in [5, 5.41) is 0. The van der Waals surface area contributed by atoms with Crippen LogP contribution in [0.2, 0.25) is 0 Å². The highest BCUT2D eigenvalue weighted by molar-refractivity contribution is 4.63. The number of rotatable bonds is 5. The van der Waals surface area contributed by atoms with E-state index in [2.05, 4.69) is 32.6 Å². The molecule has 2 heteroatoms. The molecule has 0 bridgehead atoms. The summed E-state index contributed by atoms with van der Waals surface area (Å²) in [7, 11) is 0. The maximum absolute atomic E-state index is 12.0. The minimum Gasteiger partial charge on any atom is -0.298 e. The summed E-state index contributed by atoms with van der Waals surface area (Å²) in [6, 6.07) is 0.466. The molecule has 0 rings (SSSR count). The van der Waals surface area contributed by atoms with E-state index in [0.717, 1.165) is 6.54 Å². The molecule has 0 aromatic carbocycles. The summed E-state index contributed by atoms with van der Waals surface area (Å²) in [4.78, 5) is 2.17. The van der Waals surface area contributed by atoms with Crippen LogP contribution in [0.5, 0.6) is 0 Å². The SMILES string of the molecule is CC(C)CN(CCF)C(C)C. The lowest BCUT2D eigenvalue weighted by Gasteiger charge is -2.26. The Balaban J connectivity index is 3.69. The average Bonchev–Trinajstić information content (AvgIpc) is 1.86. The monoisotopic (exact) mass is 161 g/mol. The Hall–Kier alpha value is -0.110. The van der Waals surface area contributed by atoms with Gasteiger partial charge in [-0.25, -0.2) is 4.39 Å². The molecule has 0 fully saturated rings. The first-order valence-electron chi connectivity index (χ1n) is 4.38. The van der Waals surface area contributed by atoms with Gasteiger partial charge in [0.15, 0.2) is 0 Å². The molecule has 0 radical (unpaired) electrons. The molecule has 0 aliphatic heterocycles. The van der Waals surface area contributed by atoms with Crippen molar-refractivity contribution in [3.63, 3.8) is 0 Å². The van der Waals surface area contributed by atoms with Crippen molar-refractivity contribution in [2.24, 2.45) is 5.92 Å². The van der Waals surface area contributed by atoms with Crippen molar-refractivity contribution in [2.75, 3.05) is 19.8 Å². The first kappa shape index (κ1) is 10.9. The Labute approximate surface area is 69.6 Å². The third kappa shape index (κ3) is 5.19. The fourth-order valence-electron chi connectivity index (χ4n) is 1.14. The molecule has 0 saturated carbocycles. The predicted octanol–water partition coefficient (Wildman–Crippen LogP) is 2.32. The lowest BCUT2D eigenvalue weighted by Crippen LogP contribution is -2.35. The molecule has 68 valence electrons. The van der Waals surface area contributed by atoms with Crippen molar-refractivity contribution in [3.05, 3.63) is 0 Å². The van der Waals surface area contributed by atoms with E-state index in [1.807, 2.05) is 0 Å². The first-order chi connectivity index (χ1) is 5.07. The summed E-state index contributed by atoms with van der Waals surface area (Å²) in [5.74, 6) is 0.629. The first-order valence-corrected chi connectivity index (χ1v) is 4.38. The van der Waals surface area contributed by atoms with E-state index in [-0.39, 0.29) is 6.67 Å². The van der Waals surface area contributed by atoms with Crippen LogP contribution in [0.1, 0.15) is 27.7 Å². The second-order valence-electron chi connectivity index (χ2n) is 3.67. The molecule has 0 aromatic rings. The van der Waals surface area contributed by atoms with Crippen molar-refractivity contribution < 1.29 is 4.39 Å². The molecular formula is C9H20FN. The fourth-order valence-corrected chi connectivity index (χ4v) is 1.14. The lowest BCUT2D eigenvalue weighted by atomic mass is 10.2. The van der Waals surface area contributed by atoms with Crippen LogP contribution in [-0.4, -0.2) is 30.7 Å². The summed E-state index contributed by atoms with van der Waals surface area (Å²) in [6.07, 6.45) is 0. The van der Waals surface area contributed by atoms with E-state index < -0.39 is 0 Å². The van der Waals surface area contributed by atoms with E-state index in [1.54, 1.807) is 0 Å². The minimum atomic E-state index is -0.231. The largest absolute Gasteiger partial charge is 0.298 e. The van der Waals surface area contributed by atoms with Crippen LogP contribution >= 0.6 is 0 Å². The van der Waals surface area contributed by atoms with E-state index in [4.69, 9.17) is 0 Å². The van der Waals surface area contributed by atoms with Crippen molar-refractivity contribution in [1.29, 1.82) is 0 Å². The number of hydrogen-bond acceptors (Lipinski definition) is 1. The van der Waals surface area contributed by atoms with Crippen molar-refractivity contribution in [3.8, 4) is 0 Å². The number of alkyl halides is 1. The average molecular weight is 161 g/mol. The molecule has 0 aliphatic carbocycles. The smallest absolute Gasteiger partial charge is 0.102 e. The predicted molar refractivity (Wildman–Crippen MR) is 47.5 cm³/mol. The molecule has 0 aromatic heterocycles. The van der Waals surface area contributed by atoms with Crippen LogP contribution in [0.4, 0.5) is 4.39 Å². The quantitative estimate of drug-likeness (QED) is 0.598. The third-order valence-electron chi connectivity index (χ3n) is 1.70. The zero-order chi connectivity index (χ0) is 8.85. The van der Waals surface area contributed by atoms with E-state index in [0.29, 0.717) is 18.5 Å². The zero-order valence-electron chi connectivity index (χ0n) is 8.10. The molecular weight excluding hydrogens is 141 g/mol. The van der Waals surface area contributed by atoms with Gasteiger partial charge in [0, 0.05) is 19.1 Å². The normalized spacial score (nSPS) is 12.0. The standard InChI is InChI=1S/C9H20FN/c1-8(2)7-11(6-5-10)9(3)4/h8-9H,5-7H2,1-4H3. The lowest BCUT2D eigenvalue weighted by molar-refractivity contribution is 0.182. The molecule has 0 N–H and O–H groups in total. The highest BCUT2D eigenvalue weighted by Crippen LogP contribution is 2.03. The van der Waals surface area contributed by atoms with Crippen LogP contribution in [0, 0.1) is 5.92 Å². The van der Waals surface area contributed by atoms with Crippen molar-refractivity contribution in [2.45, 2.75) is 33.7 Å². The number of hydrogen-bond donors (Lipinski definition) is 0. The summed E-state index contributed by atoms with van der Waals surface area (Å²) >= 11 is 0. The van der Waals surface area contributed by atoms with Crippen molar-refractivity contribution in [1.82, 2.24) is 4.90 Å². The minimum absolute atomic E-state index is 0.231. The molecule has 0 atom stereocenters. The Kier molecular flexibility index (Phi) is 5.47. The Morgan fingerprint density at radius 2 is 1.73 bits per heavy atom. The topological polar surface area (TPSA) is 3.24 Å². The van der Waals surface area contributed by atoms with Gasteiger partial charge in [0.2, 0.25) is 0 Å². The number of halogens is 1. The highest BCUT2D eigenvalue weighted by Gasteiger charge is 2.09. The summed E-state index contributed by atoms with van der Waals surface area (Å²) in [6.45, 7) is 9.89. The fraction of sp³-hybridized carbons (Fsp3) is 1.00. The Bertz CT molecular complexity index is 91.6. The van der Waals surface area contributed by atoms with Crippen molar-refractivity contribution >= 4 is 0 Å². The van der Waals surface area contributed by atoms with Crippen LogP contribution in [0.3, 0.4) is 0 Å². The third-order valence-corrected chi connectivity index (χ3v) is 1.70. The molecule has 0 aliphatic rings. The maximum atomic E-state index is 12.0. The van der Waals surface area contributed by atoms with Gasteiger partial charge < -0.3 is 0 Å². The highest BCUT2D eigenvalue weighted by atomic mass is 19.1. The second-order valence-corrected chi connectivity index (χ2v) is 3.67. The zero-order valence-corrected chi connectivity index (χ0v) is 8.10. The summed E-state index contributed by atoms with van der Waals surface area (Å²) < 4.78 is 12.0. The van der Waals surface area contributed by atoms with Gasteiger partial charge in [-0.2, -0.15) is 0 Å². The van der Waals surface area contributed by atoms with Gasteiger partial charge in [0.1, 0.15) is 6.67 Å². The van der Waals surface area contributed by atoms with Crippen LogP contribution in [-0.2, 0) is 0 Å². The van der Waals surface area contributed by atoms with E-state index >= 15 is 0 Å². The Morgan fingerprint density at radius 1 is 1.18 bits per heavy atom. The Morgan fingerprint density at radius 3 is 2.00 bits per heavy atom. The van der Waals surface area contributed by atoms with Gasteiger partial charge in [-0.1, -0.05) is 13.8 Å². The van der Waals surface area contributed by atoms with Gasteiger partial charge in [-0.05, 0) is 19.8 Å². The van der Waals surface area contributed by atoms with Gasteiger partial charge in [-0.15, -0.1) is 0 Å². The second kappa shape index (κ2) is 5.53. The van der Waals surface area contributed by atoms with Gasteiger partial charge in [0.25, 0.3) is 0 Å². The van der Waals surface area contributed by atoms with Crippen LogP contribution < -0.4 is 0 Å². The van der Waals surface area contributed by atoms with Gasteiger partial charge in [-0.3, -0.25) is 4.90 Å². The molecule has 0 heterocycles. The molecule has 0 spiro atoms. The van der Waals surface area contributed by atoms with E-state index in [9.17, 15) is 4.39 Å². The van der Waals surface area contributed by atoms with Gasteiger partial charge in [0.05, 0.1) is 0 Å². The maximum Gasteiger partial charge on any atom is 0.102 e. The summed E-state index contributed by atoms with van der Waals surface area (Å²) in [5.41, 5.74) is 0. The molecule has 0 unspecified atom stereocenters. The van der Waals surface area contributed by atoms with Crippen LogP contribution in [0.25, 0.3) is 0 Å². The van der Waals surface area contributed by atoms with Crippen LogP contribution in [0.15, 0.2) is 0 Å². The molecule has 0 amide bonds. The van der Waals surface area contributed by atoms with E-state index in [1.165, 1.54) is 0 Å². The molecule has 0 saturated heterocycles. The molecule has 1 nitrogen and oxygen atoms in total.